The second kappa shape index (κ2) is 4.44. The Morgan fingerprint density at radius 1 is 1.31 bits per heavy atom. The van der Waals surface area contributed by atoms with E-state index in [0.29, 0.717) is 28.7 Å². The van der Waals surface area contributed by atoms with Crippen LogP contribution in [0.4, 0.5) is 5.69 Å². The summed E-state index contributed by atoms with van der Waals surface area (Å²) < 4.78 is 0. The van der Waals surface area contributed by atoms with Gasteiger partial charge in [-0.25, -0.2) is 0 Å². The van der Waals surface area contributed by atoms with Crippen LogP contribution in [-0.4, -0.2) is 17.8 Å². The van der Waals surface area contributed by atoms with Crippen LogP contribution in [0.2, 0.25) is 10.0 Å². The predicted octanol–water partition coefficient (Wildman–Crippen LogP) is 3.65. The number of benzene rings is 1. The molecule has 2 rings (SSSR count). The molecule has 0 radical (unpaired) electrons. The molecule has 0 aromatic heterocycles. The van der Waals surface area contributed by atoms with Crippen molar-refractivity contribution in [2.45, 2.75) is 18.7 Å². The van der Waals surface area contributed by atoms with Gasteiger partial charge >= 0.3 is 0 Å². The molecular formula is C11H10Cl3NO. The average molecular weight is 279 g/mol. The monoisotopic (exact) mass is 277 g/mol. The Morgan fingerprint density at radius 3 is 2.31 bits per heavy atom. The molecule has 0 bridgehead atoms. The van der Waals surface area contributed by atoms with E-state index in [-0.39, 0.29) is 11.3 Å². The van der Waals surface area contributed by atoms with E-state index in [0.717, 1.165) is 5.56 Å². The summed E-state index contributed by atoms with van der Waals surface area (Å²) in [5.74, 6) is 0.0102. The highest BCUT2D eigenvalue weighted by molar-refractivity contribution is 6.36. The Hall–Kier alpha value is -0.440. The van der Waals surface area contributed by atoms with Gasteiger partial charge in [0.2, 0.25) is 5.91 Å². The lowest BCUT2D eigenvalue weighted by atomic mass is 10.2. The number of nitrogens with zero attached hydrogens (tertiary/aromatic N) is 1. The normalized spacial score (nSPS) is 20.6. The third-order valence-electron chi connectivity index (χ3n) is 2.66. The lowest BCUT2D eigenvalue weighted by molar-refractivity contribution is -0.117. The first-order chi connectivity index (χ1) is 7.49. The maximum Gasteiger partial charge on any atom is 0.228 e. The molecular weight excluding hydrogens is 268 g/mol. The number of carbonyl (C=O) groups excluding carboxylic acids is 1. The van der Waals surface area contributed by atoms with E-state index in [9.17, 15) is 4.79 Å². The van der Waals surface area contributed by atoms with Crippen LogP contribution in [0.25, 0.3) is 0 Å². The summed E-state index contributed by atoms with van der Waals surface area (Å²) in [6.07, 6.45) is 0.366. The average Bonchev–Trinajstić information content (AvgIpc) is 2.53. The summed E-state index contributed by atoms with van der Waals surface area (Å²) in [5, 5.41) is 0.994. The number of rotatable bonds is 1. The van der Waals surface area contributed by atoms with Crippen molar-refractivity contribution < 1.29 is 4.79 Å². The Balaban J connectivity index is 2.38. The zero-order valence-electron chi connectivity index (χ0n) is 8.64. The standard InChI is InChI=1S/C11H10Cl3NO/c1-6-9(13)3-8(4-10(6)14)15-5-7(12)2-11(15)16/h3-4,7H,2,5H2,1H3. The second-order valence-electron chi connectivity index (χ2n) is 3.84. The van der Waals surface area contributed by atoms with Gasteiger partial charge < -0.3 is 4.90 Å². The number of amides is 1. The SMILES string of the molecule is Cc1c(Cl)cc(N2CC(Cl)CC2=O)cc1Cl. The topological polar surface area (TPSA) is 20.3 Å². The molecule has 1 aliphatic rings. The molecule has 1 heterocycles. The third-order valence-corrected chi connectivity index (χ3v) is 3.73. The van der Waals surface area contributed by atoms with Crippen LogP contribution < -0.4 is 4.90 Å². The molecule has 1 saturated heterocycles. The quantitative estimate of drug-likeness (QED) is 0.718. The number of halogens is 3. The van der Waals surface area contributed by atoms with Gasteiger partial charge in [0, 0.05) is 28.7 Å². The van der Waals surface area contributed by atoms with E-state index in [2.05, 4.69) is 0 Å². The highest BCUT2D eigenvalue weighted by atomic mass is 35.5. The van der Waals surface area contributed by atoms with Crippen LogP contribution in [0.5, 0.6) is 0 Å². The van der Waals surface area contributed by atoms with Crippen molar-refractivity contribution in [3.8, 4) is 0 Å². The largest absolute Gasteiger partial charge is 0.311 e. The minimum atomic E-state index is -0.133. The number of carbonyl (C=O) groups is 1. The van der Waals surface area contributed by atoms with Gasteiger partial charge in [0.05, 0.1) is 5.38 Å². The van der Waals surface area contributed by atoms with Crippen LogP contribution in [0.15, 0.2) is 12.1 Å². The molecule has 2 nitrogen and oxygen atoms in total. The van der Waals surface area contributed by atoms with Crippen LogP contribution in [0, 0.1) is 6.92 Å². The summed E-state index contributed by atoms with van der Waals surface area (Å²) in [7, 11) is 0. The molecule has 1 aromatic carbocycles. The van der Waals surface area contributed by atoms with Gasteiger partial charge in [-0.1, -0.05) is 23.2 Å². The fraction of sp³-hybridized carbons (Fsp3) is 0.364. The number of alkyl halides is 1. The minimum absolute atomic E-state index is 0.0102. The second-order valence-corrected chi connectivity index (χ2v) is 5.27. The van der Waals surface area contributed by atoms with Crippen molar-refractivity contribution in [2.75, 3.05) is 11.4 Å². The Bertz CT molecular complexity index is 424. The first kappa shape index (κ1) is 12.0. The van der Waals surface area contributed by atoms with Crippen molar-refractivity contribution in [1.82, 2.24) is 0 Å². The van der Waals surface area contributed by atoms with Gasteiger partial charge in [-0.3, -0.25) is 4.79 Å². The number of hydrogen-bond donors (Lipinski definition) is 0. The van der Waals surface area contributed by atoms with Gasteiger partial charge in [-0.2, -0.15) is 0 Å². The highest BCUT2D eigenvalue weighted by Gasteiger charge is 2.29. The van der Waals surface area contributed by atoms with Crippen molar-refractivity contribution in [2.24, 2.45) is 0 Å². The van der Waals surface area contributed by atoms with Crippen molar-refractivity contribution in [3.63, 3.8) is 0 Å². The molecule has 1 aromatic rings. The van der Waals surface area contributed by atoms with Crippen molar-refractivity contribution in [3.05, 3.63) is 27.7 Å². The molecule has 1 unspecified atom stereocenters. The fourth-order valence-corrected chi connectivity index (χ4v) is 2.45. The molecule has 1 atom stereocenters. The van der Waals surface area contributed by atoms with E-state index >= 15 is 0 Å². The van der Waals surface area contributed by atoms with Crippen molar-refractivity contribution in [1.29, 1.82) is 0 Å². The van der Waals surface area contributed by atoms with E-state index < -0.39 is 0 Å². The fourth-order valence-electron chi connectivity index (χ4n) is 1.70. The summed E-state index contributed by atoms with van der Waals surface area (Å²) in [6.45, 7) is 2.35. The minimum Gasteiger partial charge on any atom is -0.311 e. The predicted molar refractivity (Wildman–Crippen MR) is 67.8 cm³/mol. The smallest absolute Gasteiger partial charge is 0.228 e. The van der Waals surface area contributed by atoms with Crippen molar-refractivity contribution >= 4 is 46.4 Å². The molecule has 1 amide bonds. The third kappa shape index (κ3) is 2.15. The highest BCUT2D eigenvalue weighted by Crippen LogP contribution is 2.32. The molecule has 16 heavy (non-hydrogen) atoms. The van der Waals surface area contributed by atoms with Crippen LogP contribution >= 0.6 is 34.8 Å². The molecule has 1 fully saturated rings. The van der Waals surface area contributed by atoms with E-state index in [1.807, 2.05) is 6.92 Å². The summed E-state index contributed by atoms with van der Waals surface area (Å²) >= 11 is 18.0. The van der Waals surface area contributed by atoms with E-state index in [1.54, 1.807) is 17.0 Å². The summed E-state index contributed by atoms with van der Waals surface area (Å²) in [6, 6.07) is 3.49. The molecule has 0 spiro atoms. The first-order valence-electron chi connectivity index (χ1n) is 4.89. The molecule has 0 N–H and O–H groups in total. The number of hydrogen-bond acceptors (Lipinski definition) is 1. The maximum absolute atomic E-state index is 11.6. The van der Waals surface area contributed by atoms with Gasteiger partial charge in [-0.15, -0.1) is 11.6 Å². The van der Waals surface area contributed by atoms with Crippen LogP contribution in [0.3, 0.4) is 0 Å². The summed E-state index contributed by atoms with van der Waals surface area (Å²) in [4.78, 5) is 13.3. The van der Waals surface area contributed by atoms with Gasteiger partial charge in [-0.05, 0) is 24.6 Å². The zero-order chi connectivity index (χ0) is 11.9. The summed E-state index contributed by atoms with van der Waals surface area (Å²) in [5.41, 5.74) is 1.54. The van der Waals surface area contributed by atoms with E-state index in [1.165, 1.54) is 0 Å². The molecule has 0 aliphatic carbocycles. The van der Waals surface area contributed by atoms with Crippen LogP contribution in [-0.2, 0) is 4.79 Å². The molecule has 1 aliphatic heterocycles. The first-order valence-corrected chi connectivity index (χ1v) is 6.08. The molecule has 5 heteroatoms. The van der Waals surface area contributed by atoms with Crippen LogP contribution in [0.1, 0.15) is 12.0 Å². The van der Waals surface area contributed by atoms with Gasteiger partial charge in [0.1, 0.15) is 0 Å². The number of anilines is 1. The maximum atomic E-state index is 11.6. The van der Waals surface area contributed by atoms with Gasteiger partial charge in [0.25, 0.3) is 0 Å². The Morgan fingerprint density at radius 2 is 1.88 bits per heavy atom. The molecule has 0 saturated carbocycles. The Kier molecular flexibility index (Phi) is 3.34. The molecule has 86 valence electrons. The van der Waals surface area contributed by atoms with E-state index in [4.69, 9.17) is 34.8 Å². The Labute approximate surface area is 109 Å². The zero-order valence-corrected chi connectivity index (χ0v) is 10.9. The lowest BCUT2D eigenvalue weighted by Gasteiger charge is -2.17. The lowest BCUT2D eigenvalue weighted by Crippen LogP contribution is -2.24. The van der Waals surface area contributed by atoms with Gasteiger partial charge in [0.15, 0.2) is 0 Å².